The molecule has 0 aliphatic carbocycles. The number of imidazole rings is 1. The van der Waals surface area contributed by atoms with Crippen molar-refractivity contribution in [2.75, 3.05) is 0 Å². The molecule has 10 heavy (non-hydrogen) atoms. The first kappa shape index (κ1) is 7.08. The van der Waals surface area contributed by atoms with Crippen molar-refractivity contribution in [1.29, 1.82) is 0 Å². The lowest BCUT2D eigenvalue weighted by molar-refractivity contribution is -0.671. The minimum Gasteiger partial charge on any atom is -0.409 e. The fraction of sp³-hybridized carbons (Fsp3) is 0.200. The highest BCUT2D eigenvalue weighted by Gasteiger charge is 2.12. The summed E-state index contributed by atoms with van der Waals surface area (Å²) < 4.78 is 1.71. The van der Waals surface area contributed by atoms with Gasteiger partial charge < -0.3 is 5.21 Å². The number of aromatic nitrogens is 2. The second kappa shape index (κ2) is 2.70. The Hall–Kier alpha value is -1.03. The van der Waals surface area contributed by atoms with Gasteiger partial charge in [0.2, 0.25) is 0 Å². The SMILES string of the molecule is C[n+]1cc[nH]c1/C(Cl)=N/O. The first-order valence-corrected chi connectivity index (χ1v) is 3.04. The lowest BCUT2D eigenvalue weighted by atomic mass is 10.6. The molecule has 0 amide bonds. The fourth-order valence-corrected chi connectivity index (χ4v) is 0.845. The number of halogens is 1. The van der Waals surface area contributed by atoms with Gasteiger partial charge in [-0.05, 0) is 0 Å². The predicted molar refractivity (Wildman–Crippen MR) is 36.1 cm³/mol. The van der Waals surface area contributed by atoms with E-state index in [9.17, 15) is 0 Å². The van der Waals surface area contributed by atoms with E-state index < -0.39 is 0 Å². The molecule has 5 heteroatoms. The molecule has 4 nitrogen and oxygen atoms in total. The standard InChI is InChI=1S/C5H6ClN3O/c1-9-3-2-7-5(9)4(6)8-10/h2-3H,1H3,(H,7,10)/p+1. The van der Waals surface area contributed by atoms with Gasteiger partial charge in [-0.3, -0.25) is 0 Å². The molecular formula is C5H7ClN3O+. The molecule has 0 spiro atoms. The topological polar surface area (TPSA) is 52.3 Å². The summed E-state index contributed by atoms with van der Waals surface area (Å²) in [6.07, 6.45) is 3.46. The number of aryl methyl sites for hydroxylation is 1. The van der Waals surface area contributed by atoms with Crippen LogP contribution in [0.25, 0.3) is 0 Å². The third-order valence-corrected chi connectivity index (χ3v) is 1.41. The number of hydrogen-bond acceptors (Lipinski definition) is 2. The number of nitrogens with zero attached hydrogens (tertiary/aromatic N) is 2. The van der Waals surface area contributed by atoms with Gasteiger partial charge in [0.05, 0.1) is 7.05 Å². The monoisotopic (exact) mass is 160 g/mol. The van der Waals surface area contributed by atoms with Crippen molar-refractivity contribution in [1.82, 2.24) is 4.98 Å². The summed E-state index contributed by atoms with van der Waals surface area (Å²) in [5, 5.41) is 11.1. The van der Waals surface area contributed by atoms with Crippen molar-refractivity contribution in [3.05, 3.63) is 18.2 Å². The lowest BCUT2D eigenvalue weighted by Gasteiger charge is -1.86. The molecule has 0 saturated heterocycles. The Morgan fingerprint density at radius 1 is 1.90 bits per heavy atom. The highest BCUT2D eigenvalue weighted by molar-refractivity contribution is 6.68. The molecule has 1 aromatic heterocycles. The maximum atomic E-state index is 8.25. The van der Waals surface area contributed by atoms with Gasteiger partial charge in [0, 0.05) is 0 Å². The van der Waals surface area contributed by atoms with E-state index in [0.717, 1.165) is 0 Å². The average molecular weight is 161 g/mol. The van der Waals surface area contributed by atoms with Crippen molar-refractivity contribution < 1.29 is 9.77 Å². The molecule has 54 valence electrons. The van der Waals surface area contributed by atoms with Gasteiger partial charge in [-0.25, -0.2) is 9.55 Å². The largest absolute Gasteiger partial charge is 0.409 e. The molecule has 1 aromatic rings. The Labute approximate surface area is 62.7 Å². The Bertz CT molecular complexity index is 255. The van der Waals surface area contributed by atoms with E-state index in [1.807, 2.05) is 0 Å². The zero-order valence-corrected chi connectivity index (χ0v) is 6.13. The van der Waals surface area contributed by atoms with Crippen molar-refractivity contribution in [3.8, 4) is 0 Å². The maximum Gasteiger partial charge on any atom is 0.320 e. The molecule has 0 bridgehead atoms. The van der Waals surface area contributed by atoms with Crippen molar-refractivity contribution in [2.24, 2.45) is 12.2 Å². The predicted octanol–water partition coefficient (Wildman–Crippen LogP) is 0.214. The molecule has 0 radical (unpaired) electrons. The summed E-state index contributed by atoms with van der Waals surface area (Å²) in [5.41, 5.74) is 0. The summed E-state index contributed by atoms with van der Waals surface area (Å²) >= 11 is 5.49. The van der Waals surface area contributed by atoms with E-state index >= 15 is 0 Å². The lowest BCUT2D eigenvalue weighted by Crippen LogP contribution is -2.32. The van der Waals surface area contributed by atoms with Gasteiger partial charge in [-0.15, -0.1) is 0 Å². The number of nitrogens with one attached hydrogen (secondary N) is 1. The number of aromatic amines is 1. The zero-order valence-electron chi connectivity index (χ0n) is 5.37. The van der Waals surface area contributed by atoms with Crippen LogP contribution in [-0.4, -0.2) is 15.4 Å². The number of hydrogen-bond donors (Lipinski definition) is 2. The Morgan fingerprint density at radius 2 is 2.60 bits per heavy atom. The molecule has 0 aromatic carbocycles. The number of rotatable bonds is 1. The van der Waals surface area contributed by atoms with Crippen molar-refractivity contribution >= 4 is 16.8 Å². The van der Waals surface area contributed by atoms with E-state index in [-0.39, 0.29) is 5.17 Å². The van der Waals surface area contributed by atoms with Crippen LogP contribution in [0.2, 0.25) is 0 Å². The Balaban J connectivity index is 3.05. The highest BCUT2D eigenvalue weighted by atomic mass is 35.5. The Kier molecular flexibility index (Phi) is 1.91. The smallest absolute Gasteiger partial charge is 0.320 e. The van der Waals surface area contributed by atoms with Crippen LogP contribution in [0, 0.1) is 0 Å². The van der Waals surface area contributed by atoms with Crippen LogP contribution in [0.15, 0.2) is 17.5 Å². The first-order valence-electron chi connectivity index (χ1n) is 2.66. The quantitative estimate of drug-likeness (QED) is 0.263. The fourth-order valence-electron chi connectivity index (χ4n) is 0.657. The second-order valence-electron chi connectivity index (χ2n) is 1.81. The van der Waals surface area contributed by atoms with Crippen LogP contribution >= 0.6 is 11.6 Å². The van der Waals surface area contributed by atoms with Gasteiger partial charge in [0.25, 0.3) is 5.17 Å². The highest BCUT2D eigenvalue weighted by Crippen LogP contribution is 1.93. The van der Waals surface area contributed by atoms with E-state index in [4.69, 9.17) is 16.8 Å². The molecule has 0 aliphatic rings. The van der Waals surface area contributed by atoms with E-state index in [2.05, 4.69) is 10.1 Å². The third-order valence-electron chi connectivity index (χ3n) is 1.15. The van der Waals surface area contributed by atoms with Crippen molar-refractivity contribution in [3.63, 3.8) is 0 Å². The van der Waals surface area contributed by atoms with E-state index in [1.165, 1.54) is 0 Å². The van der Waals surface area contributed by atoms with Crippen LogP contribution in [0.5, 0.6) is 0 Å². The average Bonchev–Trinajstić information content (AvgIpc) is 2.34. The van der Waals surface area contributed by atoms with Crippen molar-refractivity contribution in [2.45, 2.75) is 0 Å². The molecule has 2 N–H and O–H groups in total. The van der Waals surface area contributed by atoms with E-state index in [0.29, 0.717) is 5.82 Å². The summed E-state index contributed by atoms with van der Waals surface area (Å²) in [4.78, 5) is 2.80. The van der Waals surface area contributed by atoms with Gasteiger partial charge in [-0.1, -0.05) is 16.8 Å². The number of H-pyrrole nitrogens is 1. The van der Waals surface area contributed by atoms with Crippen LogP contribution in [-0.2, 0) is 7.05 Å². The second-order valence-corrected chi connectivity index (χ2v) is 2.17. The summed E-state index contributed by atoms with van der Waals surface area (Å²) in [6, 6.07) is 0. The molecule has 0 unspecified atom stereocenters. The molecule has 0 aliphatic heterocycles. The van der Waals surface area contributed by atoms with Gasteiger partial charge >= 0.3 is 5.82 Å². The normalized spacial score (nSPS) is 12.0. The molecular weight excluding hydrogens is 154 g/mol. The van der Waals surface area contributed by atoms with Gasteiger partial charge in [-0.2, -0.15) is 0 Å². The van der Waals surface area contributed by atoms with Crippen LogP contribution < -0.4 is 4.57 Å². The summed E-state index contributed by atoms with van der Waals surface area (Å²) in [6.45, 7) is 0. The van der Waals surface area contributed by atoms with Gasteiger partial charge in [0.1, 0.15) is 12.4 Å². The molecule has 0 saturated carbocycles. The molecule has 1 rings (SSSR count). The first-order chi connectivity index (χ1) is 4.75. The summed E-state index contributed by atoms with van der Waals surface area (Å²) in [7, 11) is 1.79. The third kappa shape index (κ3) is 1.11. The zero-order chi connectivity index (χ0) is 7.56. The number of oxime groups is 1. The molecule has 0 fully saturated rings. The van der Waals surface area contributed by atoms with Gasteiger partial charge in [0.15, 0.2) is 0 Å². The van der Waals surface area contributed by atoms with Crippen LogP contribution in [0.1, 0.15) is 5.82 Å². The van der Waals surface area contributed by atoms with Crippen LogP contribution in [0.3, 0.4) is 0 Å². The Morgan fingerprint density at radius 3 is 3.00 bits per heavy atom. The molecule has 1 heterocycles. The summed E-state index contributed by atoms with van der Waals surface area (Å²) in [5.74, 6) is 0.573. The minimum atomic E-state index is 0.0486. The maximum absolute atomic E-state index is 8.25. The van der Waals surface area contributed by atoms with Crippen LogP contribution in [0.4, 0.5) is 0 Å². The van der Waals surface area contributed by atoms with E-state index in [1.54, 1.807) is 24.0 Å². The molecule has 0 atom stereocenters. The minimum absolute atomic E-state index is 0.0486.